The van der Waals surface area contributed by atoms with E-state index in [4.69, 9.17) is 0 Å². The molecule has 1 aromatic heterocycles. The lowest BCUT2D eigenvalue weighted by molar-refractivity contribution is 0.328. The van der Waals surface area contributed by atoms with E-state index in [0.717, 1.165) is 24.1 Å². The molecular formula is C17H26N4. The van der Waals surface area contributed by atoms with Gasteiger partial charge in [-0.1, -0.05) is 33.1 Å². The molecule has 0 aromatic carbocycles. The third kappa shape index (κ3) is 3.53. The second kappa shape index (κ2) is 7.40. The Balaban J connectivity index is 2.21. The summed E-state index contributed by atoms with van der Waals surface area (Å²) in [7, 11) is 0. The van der Waals surface area contributed by atoms with Crippen LogP contribution in [0.2, 0.25) is 0 Å². The standard InChI is InChI=1S/C17H26N4/c1-4-14-15(11-18)17(21-20-16(14)5-2)19-12(3)13-9-7-6-8-10-13/h12-13H,4-10H2,1-3H3,(H,19,21). The van der Waals surface area contributed by atoms with E-state index >= 15 is 0 Å². The molecule has 4 heteroatoms. The SMILES string of the molecule is CCc1nnc(NC(C)C2CCCCC2)c(C#N)c1CC. The van der Waals surface area contributed by atoms with Crippen LogP contribution >= 0.6 is 0 Å². The first kappa shape index (κ1) is 15.8. The van der Waals surface area contributed by atoms with E-state index in [2.05, 4.69) is 42.4 Å². The van der Waals surface area contributed by atoms with Crippen molar-refractivity contribution in [2.75, 3.05) is 5.32 Å². The van der Waals surface area contributed by atoms with Gasteiger partial charge in [0.05, 0.1) is 5.69 Å². The molecule has 1 atom stereocenters. The molecule has 0 saturated heterocycles. The molecule has 1 N–H and O–H groups in total. The Bertz CT molecular complexity index is 512. The first-order chi connectivity index (χ1) is 10.2. The van der Waals surface area contributed by atoms with Crippen LogP contribution in [0.3, 0.4) is 0 Å². The van der Waals surface area contributed by atoms with Crippen LogP contribution in [0.1, 0.15) is 69.7 Å². The van der Waals surface area contributed by atoms with Gasteiger partial charge in [0.15, 0.2) is 5.82 Å². The smallest absolute Gasteiger partial charge is 0.167 e. The average Bonchev–Trinajstić information content (AvgIpc) is 2.54. The minimum absolute atomic E-state index is 0.351. The van der Waals surface area contributed by atoms with Gasteiger partial charge in [-0.25, -0.2) is 0 Å². The lowest BCUT2D eigenvalue weighted by Gasteiger charge is -2.29. The van der Waals surface area contributed by atoms with Crippen molar-refractivity contribution in [1.82, 2.24) is 10.2 Å². The second-order valence-corrected chi connectivity index (χ2v) is 6.00. The largest absolute Gasteiger partial charge is 0.365 e. The fraction of sp³-hybridized carbons (Fsp3) is 0.706. The van der Waals surface area contributed by atoms with E-state index in [0.29, 0.717) is 23.3 Å². The van der Waals surface area contributed by atoms with Gasteiger partial charge in [0.2, 0.25) is 0 Å². The Morgan fingerprint density at radius 1 is 1.19 bits per heavy atom. The molecule has 1 unspecified atom stereocenters. The predicted octanol–water partition coefficient (Wildman–Crippen LogP) is 3.85. The molecule has 0 amide bonds. The summed E-state index contributed by atoms with van der Waals surface area (Å²) in [5, 5.41) is 21.6. The van der Waals surface area contributed by atoms with Crippen molar-refractivity contribution in [2.24, 2.45) is 5.92 Å². The molecule has 0 spiro atoms. The Hall–Kier alpha value is -1.63. The van der Waals surface area contributed by atoms with Crippen LogP contribution < -0.4 is 5.32 Å². The summed E-state index contributed by atoms with van der Waals surface area (Å²) in [4.78, 5) is 0. The Morgan fingerprint density at radius 2 is 1.90 bits per heavy atom. The summed E-state index contributed by atoms with van der Waals surface area (Å²) < 4.78 is 0. The quantitative estimate of drug-likeness (QED) is 0.893. The number of anilines is 1. The number of aryl methyl sites for hydroxylation is 1. The molecular weight excluding hydrogens is 260 g/mol. The van der Waals surface area contributed by atoms with Gasteiger partial charge in [0, 0.05) is 6.04 Å². The lowest BCUT2D eigenvalue weighted by Crippen LogP contribution is -2.29. The lowest BCUT2D eigenvalue weighted by atomic mass is 9.84. The fourth-order valence-electron chi connectivity index (χ4n) is 3.36. The highest BCUT2D eigenvalue weighted by molar-refractivity contribution is 5.56. The number of rotatable bonds is 5. The normalized spacial score (nSPS) is 17.2. The van der Waals surface area contributed by atoms with Crippen molar-refractivity contribution >= 4 is 5.82 Å². The van der Waals surface area contributed by atoms with Gasteiger partial charge in [0.1, 0.15) is 11.6 Å². The number of nitriles is 1. The van der Waals surface area contributed by atoms with E-state index < -0.39 is 0 Å². The fourth-order valence-corrected chi connectivity index (χ4v) is 3.36. The van der Waals surface area contributed by atoms with Crippen molar-refractivity contribution in [2.45, 2.75) is 71.8 Å². The summed E-state index contributed by atoms with van der Waals surface area (Å²) in [5.41, 5.74) is 2.69. The molecule has 1 fully saturated rings. The molecule has 114 valence electrons. The third-order valence-electron chi connectivity index (χ3n) is 4.68. The third-order valence-corrected chi connectivity index (χ3v) is 4.68. The van der Waals surface area contributed by atoms with Gasteiger partial charge in [-0.05, 0) is 44.1 Å². The van der Waals surface area contributed by atoms with Gasteiger partial charge in [-0.15, -0.1) is 5.10 Å². The van der Waals surface area contributed by atoms with Crippen LogP contribution in [0.15, 0.2) is 0 Å². The van der Waals surface area contributed by atoms with Gasteiger partial charge in [-0.3, -0.25) is 0 Å². The van der Waals surface area contributed by atoms with Crippen molar-refractivity contribution in [3.8, 4) is 6.07 Å². The number of aromatic nitrogens is 2. The van der Waals surface area contributed by atoms with Crippen molar-refractivity contribution in [3.05, 3.63) is 16.8 Å². The maximum atomic E-state index is 9.52. The molecule has 1 aliphatic carbocycles. The zero-order valence-corrected chi connectivity index (χ0v) is 13.4. The predicted molar refractivity (Wildman–Crippen MR) is 85.2 cm³/mol. The maximum Gasteiger partial charge on any atom is 0.167 e. The monoisotopic (exact) mass is 286 g/mol. The van der Waals surface area contributed by atoms with Gasteiger partial charge in [-0.2, -0.15) is 10.4 Å². The summed E-state index contributed by atoms with van der Waals surface area (Å²) in [6.07, 6.45) is 8.20. The maximum absolute atomic E-state index is 9.52. The van der Waals surface area contributed by atoms with E-state index in [1.54, 1.807) is 0 Å². The highest BCUT2D eigenvalue weighted by Crippen LogP contribution is 2.29. The Kier molecular flexibility index (Phi) is 5.55. The first-order valence-electron chi connectivity index (χ1n) is 8.26. The first-order valence-corrected chi connectivity index (χ1v) is 8.26. The summed E-state index contributed by atoms with van der Waals surface area (Å²) >= 11 is 0. The molecule has 0 bridgehead atoms. The van der Waals surface area contributed by atoms with Gasteiger partial charge >= 0.3 is 0 Å². The highest BCUT2D eigenvalue weighted by atomic mass is 15.2. The van der Waals surface area contributed by atoms with Crippen LogP contribution in [0.5, 0.6) is 0 Å². The van der Waals surface area contributed by atoms with Crippen LogP contribution in [-0.4, -0.2) is 16.2 Å². The van der Waals surface area contributed by atoms with E-state index in [-0.39, 0.29) is 0 Å². The molecule has 0 radical (unpaired) electrons. The van der Waals surface area contributed by atoms with Crippen molar-refractivity contribution < 1.29 is 0 Å². The highest BCUT2D eigenvalue weighted by Gasteiger charge is 2.22. The molecule has 1 aliphatic rings. The van der Waals surface area contributed by atoms with E-state index in [1.807, 2.05) is 0 Å². The van der Waals surface area contributed by atoms with Crippen molar-refractivity contribution in [1.29, 1.82) is 5.26 Å². The minimum Gasteiger partial charge on any atom is -0.365 e. The number of hydrogen-bond acceptors (Lipinski definition) is 4. The topological polar surface area (TPSA) is 61.6 Å². The minimum atomic E-state index is 0.351. The number of nitrogens with zero attached hydrogens (tertiary/aromatic N) is 3. The zero-order valence-electron chi connectivity index (χ0n) is 13.4. The molecule has 1 heterocycles. The molecule has 4 nitrogen and oxygen atoms in total. The summed E-state index contributed by atoms with van der Waals surface area (Å²) in [5.74, 6) is 1.35. The Morgan fingerprint density at radius 3 is 2.48 bits per heavy atom. The van der Waals surface area contributed by atoms with Gasteiger partial charge in [0.25, 0.3) is 0 Å². The zero-order chi connectivity index (χ0) is 15.2. The van der Waals surface area contributed by atoms with Crippen LogP contribution in [0, 0.1) is 17.2 Å². The van der Waals surface area contributed by atoms with Crippen LogP contribution in [0.4, 0.5) is 5.82 Å². The summed E-state index contributed by atoms with van der Waals surface area (Å²) in [6.45, 7) is 6.34. The Labute approximate surface area is 128 Å². The number of hydrogen-bond donors (Lipinski definition) is 1. The molecule has 1 aromatic rings. The van der Waals surface area contributed by atoms with Gasteiger partial charge < -0.3 is 5.32 Å². The number of nitrogens with one attached hydrogen (secondary N) is 1. The van der Waals surface area contributed by atoms with E-state index in [1.165, 1.54) is 32.1 Å². The molecule has 1 saturated carbocycles. The van der Waals surface area contributed by atoms with Crippen LogP contribution in [0.25, 0.3) is 0 Å². The molecule has 0 aliphatic heterocycles. The molecule has 2 rings (SSSR count). The second-order valence-electron chi connectivity index (χ2n) is 6.00. The van der Waals surface area contributed by atoms with Crippen molar-refractivity contribution in [3.63, 3.8) is 0 Å². The molecule has 21 heavy (non-hydrogen) atoms. The van der Waals surface area contributed by atoms with Crippen LogP contribution in [-0.2, 0) is 12.8 Å². The average molecular weight is 286 g/mol. The van der Waals surface area contributed by atoms with E-state index in [9.17, 15) is 5.26 Å². The summed E-state index contributed by atoms with van der Waals surface area (Å²) in [6, 6.07) is 2.68.